The Morgan fingerprint density at radius 3 is 2.61 bits per heavy atom. The lowest BCUT2D eigenvalue weighted by Crippen LogP contribution is -2.36. The molecule has 6 rings (SSSR count). The summed E-state index contributed by atoms with van der Waals surface area (Å²) >= 11 is 0. The molecule has 3 aromatic carbocycles. The van der Waals surface area contributed by atoms with Crippen LogP contribution in [0, 0.1) is 5.82 Å². The second kappa shape index (κ2) is 8.24. The van der Waals surface area contributed by atoms with E-state index >= 15 is 0 Å². The summed E-state index contributed by atoms with van der Waals surface area (Å²) < 4.78 is 16.0. The van der Waals surface area contributed by atoms with Crippen LogP contribution in [-0.4, -0.2) is 40.3 Å². The number of piperidine rings is 1. The van der Waals surface area contributed by atoms with E-state index in [2.05, 4.69) is 47.5 Å². The van der Waals surface area contributed by atoms with Crippen LogP contribution in [0.5, 0.6) is 0 Å². The van der Waals surface area contributed by atoms with Gasteiger partial charge in [0.1, 0.15) is 5.82 Å². The average molecular weight is 444 g/mol. The van der Waals surface area contributed by atoms with E-state index < -0.39 is 6.10 Å². The van der Waals surface area contributed by atoms with E-state index in [1.54, 1.807) is 12.1 Å². The van der Waals surface area contributed by atoms with E-state index in [0.29, 0.717) is 18.5 Å². The van der Waals surface area contributed by atoms with Crippen molar-refractivity contribution in [3.05, 3.63) is 83.3 Å². The van der Waals surface area contributed by atoms with Crippen molar-refractivity contribution in [2.24, 2.45) is 5.73 Å². The Labute approximate surface area is 193 Å². The van der Waals surface area contributed by atoms with Gasteiger partial charge in [0.25, 0.3) is 0 Å². The molecule has 4 aromatic rings. The Morgan fingerprint density at radius 2 is 1.82 bits per heavy atom. The molecule has 1 aromatic heterocycles. The number of nitrogens with two attached hydrogens (primary N) is 1. The van der Waals surface area contributed by atoms with Gasteiger partial charge in [-0.15, -0.1) is 0 Å². The normalized spacial score (nSPS) is 20.2. The lowest BCUT2D eigenvalue weighted by atomic mass is 9.88. The molecule has 1 unspecified atom stereocenters. The molecule has 0 bridgehead atoms. The molecular weight excluding hydrogens is 413 g/mol. The van der Waals surface area contributed by atoms with Crippen molar-refractivity contribution in [2.75, 3.05) is 19.6 Å². The molecule has 1 saturated heterocycles. The molecule has 2 atom stereocenters. The molecule has 1 aliphatic carbocycles. The van der Waals surface area contributed by atoms with Gasteiger partial charge in [-0.25, -0.2) is 4.39 Å². The van der Waals surface area contributed by atoms with Crippen LogP contribution in [-0.2, 0) is 13.0 Å². The highest BCUT2D eigenvalue weighted by Gasteiger charge is 2.32. The van der Waals surface area contributed by atoms with Gasteiger partial charge in [0, 0.05) is 30.7 Å². The Balaban J connectivity index is 1.25. The minimum Gasteiger partial charge on any atom is -0.390 e. The number of hydrogen-bond donors (Lipinski definition) is 2. The molecule has 2 heterocycles. The second-order valence-corrected chi connectivity index (χ2v) is 9.68. The number of hydrogen-bond acceptors (Lipinski definition) is 3. The molecule has 0 amide bonds. The standard InChI is InChI=1S/C28H30FN3O/c29-21-7-8-23-25(17-32(27(23)14-21)16-22(33)15-30)18-9-11-31(12-10-18)26-13-20-5-1-3-19-4-2-6-24(26)28(19)20/h1-8,14,17-18,22,26,33H,9-13,15-16,30H2/t22-,26?/m1/s1. The van der Waals surface area contributed by atoms with Gasteiger partial charge in [-0.3, -0.25) is 4.90 Å². The lowest BCUT2D eigenvalue weighted by molar-refractivity contribution is 0.154. The molecule has 2 aliphatic rings. The van der Waals surface area contributed by atoms with E-state index in [9.17, 15) is 9.50 Å². The zero-order chi connectivity index (χ0) is 22.5. The first-order valence-corrected chi connectivity index (χ1v) is 12.0. The number of fused-ring (bicyclic) bond motifs is 1. The van der Waals surface area contributed by atoms with Crippen molar-refractivity contribution in [3.63, 3.8) is 0 Å². The zero-order valence-electron chi connectivity index (χ0n) is 18.8. The fourth-order valence-corrected chi connectivity index (χ4v) is 6.14. The van der Waals surface area contributed by atoms with Crippen LogP contribution in [0.25, 0.3) is 21.7 Å². The monoisotopic (exact) mass is 443 g/mol. The highest BCUT2D eigenvalue weighted by molar-refractivity contribution is 5.91. The summed E-state index contributed by atoms with van der Waals surface area (Å²) in [6, 6.07) is 18.9. The minimum absolute atomic E-state index is 0.194. The molecular formula is C28H30FN3O. The van der Waals surface area contributed by atoms with Gasteiger partial charge in [-0.1, -0.05) is 36.4 Å². The predicted molar refractivity (Wildman–Crippen MR) is 131 cm³/mol. The van der Waals surface area contributed by atoms with Crippen molar-refractivity contribution in [3.8, 4) is 0 Å². The van der Waals surface area contributed by atoms with Gasteiger partial charge in [-0.2, -0.15) is 0 Å². The third-order valence-electron chi connectivity index (χ3n) is 7.76. The van der Waals surface area contributed by atoms with E-state index in [0.717, 1.165) is 43.3 Å². The Kier molecular flexibility index (Phi) is 5.21. The second-order valence-electron chi connectivity index (χ2n) is 9.68. The summed E-state index contributed by atoms with van der Waals surface area (Å²) in [6.07, 6.45) is 4.74. The third kappa shape index (κ3) is 3.55. The first-order valence-electron chi connectivity index (χ1n) is 12.0. The molecule has 0 spiro atoms. The Hall–Kier alpha value is -2.73. The number of aromatic nitrogens is 1. The summed E-state index contributed by atoms with van der Waals surface area (Å²) in [6.45, 7) is 2.69. The van der Waals surface area contributed by atoms with Gasteiger partial charge in [0.15, 0.2) is 0 Å². The smallest absolute Gasteiger partial charge is 0.125 e. The molecule has 1 aliphatic heterocycles. The number of halogens is 1. The van der Waals surface area contributed by atoms with Crippen molar-refractivity contribution >= 4 is 21.7 Å². The number of aliphatic hydroxyl groups is 1. The zero-order valence-corrected chi connectivity index (χ0v) is 18.8. The predicted octanol–water partition coefficient (Wildman–Crippen LogP) is 4.73. The first kappa shape index (κ1) is 20.8. The number of likely N-dealkylation sites (tertiary alicyclic amines) is 1. The highest BCUT2D eigenvalue weighted by atomic mass is 19.1. The highest BCUT2D eigenvalue weighted by Crippen LogP contribution is 2.43. The van der Waals surface area contributed by atoms with Gasteiger partial charge in [0.2, 0.25) is 0 Å². The van der Waals surface area contributed by atoms with Gasteiger partial charge >= 0.3 is 0 Å². The third-order valence-corrected chi connectivity index (χ3v) is 7.76. The van der Waals surface area contributed by atoms with E-state index in [4.69, 9.17) is 5.73 Å². The molecule has 170 valence electrons. The molecule has 3 N–H and O–H groups in total. The molecule has 0 radical (unpaired) electrons. The van der Waals surface area contributed by atoms with Crippen molar-refractivity contribution in [1.82, 2.24) is 9.47 Å². The topological polar surface area (TPSA) is 54.4 Å². The maximum absolute atomic E-state index is 14.0. The van der Waals surface area contributed by atoms with Crippen LogP contribution in [0.2, 0.25) is 0 Å². The number of benzene rings is 3. The number of rotatable bonds is 5. The van der Waals surface area contributed by atoms with Gasteiger partial charge < -0.3 is 15.4 Å². The summed E-state index contributed by atoms with van der Waals surface area (Å²) in [4.78, 5) is 2.66. The summed E-state index contributed by atoms with van der Waals surface area (Å²) in [5, 5.41) is 14.0. The van der Waals surface area contributed by atoms with E-state index in [-0.39, 0.29) is 12.4 Å². The fourth-order valence-electron chi connectivity index (χ4n) is 6.14. The van der Waals surface area contributed by atoms with Crippen molar-refractivity contribution in [2.45, 2.75) is 43.9 Å². The SMILES string of the molecule is NC[C@@H](O)Cn1cc(C2CCN(C3Cc4cccc5cccc3c45)CC2)c2ccc(F)cc21. The van der Waals surface area contributed by atoms with Crippen LogP contribution in [0.1, 0.15) is 41.5 Å². The van der Waals surface area contributed by atoms with Crippen LogP contribution in [0.4, 0.5) is 4.39 Å². The van der Waals surface area contributed by atoms with E-state index in [1.165, 1.54) is 27.5 Å². The lowest BCUT2D eigenvalue weighted by Gasteiger charge is -2.36. The number of nitrogens with zero attached hydrogens (tertiary/aromatic N) is 2. The average Bonchev–Trinajstić information content (AvgIpc) is 3.39. The maximum atomic E-state index is 14.0. The van der Waals surface area contributed by atoms with Crippen LogP contribution < -0.4 is 5.73 Å². The minimum atomic E-state index is -0.634. The van der Waals surface area contributed by atoms with Crippen molar-refractivity contribution in [1.29, 1.82) is 0 Å². The van der Waals surface area contributed by atoms with Crippen molar-refractivity contribution < 1.29 is 9.50 Å². The van der Waals surface area contributed by atoms with Crippen LogP contribution in [0.15, 0.2) is 60.8 Å². The summed E-state index contributed by atoms with van der Waals surface area (Å²) in [5.74, 6) is 0.186. The Bertz CT molecular complexity index is 1320. The van der Waals surface area contributed by atoms with E-state index in [1.807, 2.05) is 10.6 Å². The maximum Gasteiger partial charge on any atom is 0.125 e. The fraction of sp³-hybridized carbons (Fsp3) is 0.357. The Morgan fingerprint density at radius 1 is 1.03 bits per heavy atom. The number of aliphatic hydroxyl groups excluding tert-OH is 1. The molecule has 33 heavy (non-hydrogen) atoms. The van der Waals surface area contributed by atoms with Gasteiger partial charge in [-0.05, 0) is 83.9 Å². The molecule has 0 saturated carbocycles. The quantitative estimate of drug-likeness (QED) is 0.469. The van der Waals surface area contributed by atoms with Gasteiger partial charge in [0.05, 0.1) is 11.6 Å². The van der Waals surface area contributed by atoms with Crippen LogP contribution >= 0.6 is 0 Å². The largest absolute Gasteiger partial charge is 0.390 e. The first-order chi connectivity index (χ1) is 16.1. The summed E-state index contributed by atoms with van der Waals surface area (Å²) in [5.41, 5.74) is 10.7. The molecule has 1 fully saturated rings. The molecule has 4 nitrogen and oxygen atoms in total. The summed E-state index contributed by atoms with van der Waals surface area (Å²) in [7, 11) is 0. The van der Waals surface area contributed by atoms with Crippen LogP contribution in [0.3, 0.4) is 0 Å². The molecule has 5 heteroatoms.